The molecule has 0 saturated heterocycles. The van der Waals surface area contributed by atoms with Crippen molar-refractivity contribution in [2.75, 3.05) is 26.0 Å². The first kappa shape index (κ1) is 10.4. The highest BCUT2D eigenvalue weighted by Crippen LogP contribution is 2.10. The van der Waals surface area contributed by atoms with Crippen molar-refractivity contribution in [3.05, 3.63) is 5.51 Å². The Kier molecular flexibility index (Phi) is 4.11. The van der Waals surface area contributed by atoms with Gasteiger partial charge in [-0.1, -0.05) is 11.3 Å². The lowest BCUT2D eigenvalue weighted by atomic mass is 10.2. The van der Waals surface area contributed by atoms with E-state index in [2.05, 4.69) is 41.4 Å². The van der Waals surface area contributed by atoms with Gasteiger partial charge in [-0.2, -0.15) is 0 Å². The monoisotopic (exact) mass is 200 g/mol. The van der Waals surface area contributed by atoms with Crippen LogP contribution in [-0.4, -0.2) is 41.8 Å². The summed E-state index contributed by atoms with van der Waals surface area (Å²) >= 11 is 1.54. The highest BCUT2D eigenvalue weighted by molar-refractivity contribution is 7.13. The van der Waals surface area contributed by atoms with Gasteiger partial charge in [0.15, 0.2) is 0 Å². The molecule has 0 aliphatic heterocycles. The molecule has 0 aromatic carbocycles. The van der Waals surface area contributed by atoms with Crippen molar-refractivity contribution in [3.63, 3.8) is 0 Å². The summed E-state index contributed by atoms with van der Waals surface area (Å²) in [4.78, 5) is 2.18. The first-order valence-corrected chi connectivity index (χ1v) is 5.24. The Morgan fingerprint density at radius 3 is 2.92 bits per heavy atom. The molecule has 5 heteroatoms. The Balaban J connectivity index is 2.22. The molecule has 0 saturated carbocycles. The van der Waals surface area contributed by atoms with Gasteiger partial charge in [-0.25, -0.2) is 0 Å². The van der Waals surface area contributed by atoms with E-state index in [1.165, 1.54) is 11.3 Å². The second kappa shape index (κ2) is 5.14. The molecule has 1 unspecified atom stereocenters. The van der Waals surface area contributed by atoms with E-state index in [-0.39, 0.29) is 0 Å². The van der Waals surface area contributed by atoms with Crippen molar-refractivity contribution in [2.24, 2.45) is 0 Å². The van der Waals surface area contributed by atoms with Gasteiger partial charge in [0.2, 0.25) is 5.13 Å². The van der Waals surface area contributed by atoms with Crippen molar-refractivity contribution in [1.82, 2.24) is 15.1 Å². The van der Waals surface area contributed by atoms with Gasteiger partial charge in [-0.3, -0.25) is 0 Å². The van der Waals surface area contributed by atoms with Gasteiger partial charge in [0.25, 0.3) is 0 Å². The van der Waals surface area contributed by atoms with Crippen LogP contribution in [0.4, 0.5) is 5.13 Å². The van der Waals surface area contributed by atoms with Crippen LogP contribution in [0.25, 0.3) is 0 Å². The Labute approximate surface area is 83.0 Å². The Morgan fingerprint density at radius 1 is 1.62 bits per heavy atom. The molecule has 0 fully saturated rings. The number of nitrogens with zero attached hydrogens (tertiary/aromatic N) is 3. The molecule has 1 heterocycles. The van der Waals surface area contributed by atoms with Gasteiger partial charge >= 0.3 is 0 Å². The number of hydrogen-bond acceptors (Lipinski definition) is 5. The third-order valence-electron chi connectivity index (χ3n) is 1.74. The number of rotatable bonds is 5. The summed E-state index contributed by atoms with van der Waals surface area (Å²) in [7, 11) is 4.16. The average Bonchev–Trinajstić information content (AvgIpc) is 2.53. The molecule has 1 rings (SSSR count). The predicted octanol–water partition coefficient (Wildman–Crippen LogP) is 1.29. The molecule has 0 aliphatic carbocycles. The third kappa shape index (κ3) is 4.19. The second-order valence-corrected chi connectivity index (χ2v) is 4.21. The zero-order valence-corrected chi connectivity index (χ0v) is 9.14. The van der Waals surface area contributed by atoms with E-state index in [0.717, 1.165) is 18.1 Å². The lowest BCUT2D eigenvalue weighted by Gasteiger charge is -2.15. The molecule has 0 radical (unpaired) electrons. The maximum absolute atomic E-state index is 3.93. The fraction of sp³-hybridized carbons (Fsp3) is 0.750. The summed E-state index contributed by atoms with van der Waals surface area (Å²) in [6, 6.07) is 0.454. The molecular formula is C8H16N4S. The van der Waals surface area contributed by atoms with Crippen molar-refractivity contribution in [1.29, 1.82) is 0 Å². The van der Waals surface area contributed by atoms with E-state index < -0.39 is 0 Å². The zero-order valence-electron chi connectivity index (χ0n) is 8.32. The minimum Gasteiger partial charge on any atom is -0.358 e. The first-order chi connectivity index (χ1) is 6.18. The number of anilines is 1. The Hall–Kier alpha value is -0.680. The molecule has 74 valence electrons. The van der Waals surface area contributed by atoms with E-state index >= 15 is 0 Å². The highest BCUT2D eigenvalue weighted by atomic mass is 32.1. The van der Waals surface area contributed by atoms with Crippen LogP contribution >= 0.6 is 11.3 Å². The standard InChI is InChI=1S/C8H16N4S/c1-7(4-5-12(2)3)10-8-11-9-6-13-8/h6-7H,4-5H2,1-3H3,(H,10,11). The zero-order chi connectivity index (χ0) is 9.68. The van der Waals surface area contributed by atoms with E-state index in [9.17, 15) is 0 Å². The van der Waals surface area contributed by atoms with Crippen molar-refractivity contribution < 1.29 is 0 Å². The number of aromatic nitrogens is 2. The molecule has 0 aliphatic rings. The minimum absolute atomic E-state index is 0.454. The fourth-order valence-corrected chi connectivity index (χ4v) is 1.53. The van der Waals surface area contributed by atoms with Crippen molar-refractivity contribution in [3.8, 4) is 0 Å². The molecule has 13 heavy (non-hydrogen) atoms. The molecule has 0 amide bonds. The van der Waals surface area contributed by atoms with Crippen molar-refractivity contribution >= 4 is 16.5 Å². The molecule has 1 N–H and O–H groups in total. The van der Waals surface area contributed by atoms with Gasteiger partial charge in [0.05, 0.1) is 0 Å². The quantitative estimate of drug-likeness (QED) is 0.777. The summed E-state index contributed by atoms with van der Waals surface area (Å²) in [5.74, 6) is 0. The third-order valence-corrected chi connectivity index (χ3v) is 2.36. The van der Waals surface area contributed by atoms with Crippen LogP contribution in [0, 0.1) is 0 Å². The van der Waals surface area contributed by atoms with E-state index in [0.29, 0.717) is 6.04 Å². The maximum atomic E-state index is 3.93. The molecule has 4 nitrogen and oxygen atoms in total. The summed E-state index contributed by atoms with van der Waals surface area (Å²) in [5.41, 5.74) is 1.74. The van der Waals surface area contributed by atoms with Gasteiger partial charge in [0.1, 0.15) is 5.51 Å². The lowest BCUT2D eigenvalue weighted by molar-refractivity contribution is 0.390. The molecule has 0 spiro atoms. The van der Waals surface area contributed by atoms with Gasteiger partial charge in [-0.05, 0) is 34.0 Å². The van der Waals surface area contributed by atoms with Crippen LogP contribution in [0.15, 0.2) is 5.51 Å². The van der Waals surface area contributed by atoms with Crippen molar-refractivity contribution in [2.45, 2.75) is 19.4 Å². The lowest BCUT2D eigenvalue weighted by Crippen LogP contribution is -2.22. The van der Waals surface area contributed by atoms with E-state index in [4.69, 9.17) is 0 Å². The summed E-state index contributed by atoms with van der Waals surface area (Å²) in [6.07, 6.45) is 1.12. The largest absolute Gasteiger partial charge is 0.358 e. The molecule has 1 aromatic heterocycles. The number of nitrogens with one attached hydrogen (secondary N) is 1. The maximum Gasteiger partial charge on any atom is 0.205 e. The Morgan fingerprint density at radius 2 is 2.38 bits per heavy atom. The smallest absolute Gasteiger partial charge is 0.205 e. The summed E-state index contributed by atoms with van der Waals surface area (Å²) < 4.78 is 0. The van der Waals surface area contributed by atoms with Gasteiger partial charge in [-0.15, -0.1) is 10.2 Å². The van der Waals surface area contributed by atoms with Crippen LogP contribution in [0.3, 0.4) is 0 Å². The predicted molar refractivity (Wildman–Crippen MR) is 56.2 cm³/mol. The molecule has 1 aromatic rings. The van der Waals surface area contributed by atoms with Crippen LogP contribution in [0.2, 0.25) is 0 Å². The average molecular weight is 200 g/mol. The molecule has 0 bridgehead atoms. The SMILES string of the molecule is CC(CCN(C)C)Nc1nncs1. The Bertz CT molecular complexity index is 222. The summed E-state index contributed by atoms with van der Waals surface area (Å²) in [5, 5.41) is 11.9. The second-order valence-electron chi connectivity index (χ2n) is 3.38. The minimum atomic E-state index is 0.454. The topological polar surface area (TPSA) is 41.0 Å². The van der Waals surface area contributed by atoms with Crippen LogP contribution in [0.5, 0.6) is 0 Å². The van der Waals surface area contributed by atoms with Crippen LogP contribution in [-0.2, 0) is 0 Å². The van der Waals surface area contributed by atoms with Crippen LogP contribution in [0.1, 0.15) is 13.3 Å². The first-order valence-electron chi connectivity index (χ1n) is 4.36. The van der Waals surface area contributed by atoms with E-state index in [1.807, 2.05) is 0 Å². The number of hydrogen-bond donors (Lipinski definition) is 1. The molecule has 1 atom stereocenters. The van der Waals surface area contributed by atoms with Crippen LogP contribution < -0.4 is 5.32 Å². The van der Waals surface area contributed by atoms with Gasteiger partial charge in [0, 0.05) is 6.04 Å². The van der Waals surface area contributed by atoms with Gasteiger partial charge < -0.3 is 10.2 Å². The molecular weight excluding hydrogens is 184 g/mol. The summed E-state index contributed by atoms with van der Waals surface area (Å²) in [6.45, 7) is 3.25. The normalized spacial score (nSPS) is 13.2. The fourth-order valence-electron chi connectivity index (χ4n) is 0.971. The highest BCUT2D eigenvalue weighted by Gasteiger charge is 2.03. The van der Waals surface area contributed by atoms with E-state index in [1.54, 1.807) is 5.51 Å².